The third-order valence-electron chi connectivity index (χ3n) is 2.68. The smallest absolute Gasteiger partial charge is 0.0228 e. The zero-order valence-corrected chi connectivity index (χ0v) is 9.99. The first kappa shape index (κ1) is 14.0. The van der Waals surface area contributed by atoms with Gasteiger partial charge in [0.1, 0.15) is 0 Å². The summed E-state index contributed by atoms with van der Waals surface area (Å²) in [6.07, 6.45) is 16.1. The minimum atomic E-state index is 0.991. The Bertz CT molecular complexity index is 198. The van der Waals surface area contributed by atoms with Crippen molar-refractivity contribution in [3.63, 3.8) is 0 Å². The van der Waals surface area contributed by atoms with Crippen molar-refractivity contribution in [2.24, 2.45) is 11.8 Å². The number of hydrogen-bond acceptors (Lipinski definition) is 0. The van der Waals surface area contributed by atoms with E-state index in [4.69, 9.17) is 0 Å². The van der Waals surface area contributed by atoms with E-state index >= 15 is 0 Å². The molecule has 0 aliphatic heterocycles. The Morgan fingerprint density at radius 2 is 1.73 bits per heavy atom. The summed E-state index contributed by atoms with van der Waals surface area (Å²) in [6.45, 7) is 11.6. The molecule has 0 nitrogen and oxygen atoms in total. The fraction of sp³-hybridized carbons (Fsp3) is 0.467. The van der Waals surface area contributed by atoms with Crippen molar-refractivity contribution in [3.8, 4) is 0 Å². The Kier molecular flexibility index (Phi) is 8.85. The van der Waals surface area contributed by atoms with E-state index in [9.17, 15) is 0 Å². The monoisotopic (exact) mass is 204 g/mol. The molecule has 2 atom stereocenters. The molecular formula is C15H24. The lowest BCUT2D eigenvalue weighted by Gasteiger charge is -1.96. The van der Waals surface area contributed by atoms with Gasteiger partial charge in [-0.25, -0.2) is 0 Å². The van der Waals surface area contributed by atoms with E-state index in [0.717, 1.165) is 18.3 Å². The Balaban J connectivity index is 0.000000229. The average molecular weight is 204 g/mol. The van der Waals surface area contributed by atoms with Crippen LogP contribution in [0.3, 0.4) is 0 Å². The molecule has 0 spiro atoms. The van der Waals surface area contributed by atoms with Crippen molar-refractivity contribution in [1.82, 2.24) is 0 Å². The predicted octanol–water partition coefficient (Wildman–Crippen LogP) is 4.91. The zero-order valence-electron chi connectivity index (χ0n) is 9.99. The van der Waals surface area contributed by atoms with Gasteiger partial charge in [0.2, 0.25) is 0 Å². The molecule has 2 bridgehead atoms. The third kappa shape index (κ3) is 6.11. The molecule has 15 heavy (non-hydrogen) atoms. The lowest BCUT2D eigenvalue weighted by Crippen LogP contribution is -1.82. The highest BCUT2D eigenvalue weighted by Crippen LogP contribution is 2.38. The van der Waals surface area contributed by atoms with E-state index in [1.54, 1.807) is 6.08 Å². The highest BCUT2D eigenvalue weighted by atomic mass is 14.3. The van der Waals surface area contributed by atoms with Crippen molar-refractivity contribution in [2.45, 2.75) is 32.6 Å². The Morgan fingerprint density at radius 3 is 1.87 bits per heavy atom. The number of allylic oxidation sites excluding steroid dienone is 5. The fourth-order valence-corrected chi connectivity index (χ4v) is 1.95. The van der Waals surface area contributed by atoms with Crippen LogP contribution in [0.2, 0.25) is 0 Å². The second-order valence-corrected chi connectivity index (χ2v) is 3.79. The van der Waals surface area contributed by atoms with Gasteiger partial charge in [0, 0.05) is 0 Å². The second kappa shape index (κ2) is 9.51. The Labute approximate surface area is 95.1 Å². The summed E-state index contributed by atoms with van der Waals surface area (Å²) in [7, 11) is 0. The Hall–Kier alpha value is -1.04. The molecule has 1 saturated carbocycles. The van der Waals surface area contributed by atoms with Crippen LogP contribution in [-0.2, 0) is 0 Å². The van der Waals surface area contributed by atoms with Gasteiger partial charge in [0.15, 0.2) is 0 Å². The van der Waals surface area contributed by atoms with E-state index in [0.29, 0.717) is 0 Å². The summed E-state index contributed by atoms with van der Waals surface area (Å²) in [6, 6.07) is 0. The fourth-order valence-electron chi connectivity index (χ4n) is 1.95. The van der Waals surface area contributed by atoms with Crippen LogP contribution in [-0.4, -0.2) is 0 Å². The first-order valence-electron chi connectivity index (χ1n) is 5.82. The second-order valence-electron chi connectivity index (χ2n) is 3.79. The van der Waals surface area contributed by atoms with Crippen LogP contribution in [0.25, 0.3) is 0 Å². The highest BCUT2D eigenvalue weighted by Gasteiger charge is 2.25. The molecule has 1 fully saturated rings. The van der Waals surface area contributed by atoms with Crippen LogP contribution >= 0.6 is 0 Å². The van der Waals surface area contributed by atoms with Gasteiger partial charge in [-0.1, -0.05) is 43.9 Å². The molecule has 0 aromatic rings. The maximum Gasteiger partial charge on any atom is -0.0228 e. The molecule has 0 heteroatoms. The van der Waals surface area contributed by atoms with Gasteiger partial charge in [0.25, 0.3) is 0 Å². The molecule has 0 aromatic carbocycles. The maximum atomic E-state index is 3.51. The van der Waals surface area contributed by atoms with Crippen LogP contribution < -0.4 is 0 Å². The number of hydrogen-bond donors (Lipinski definition) is 0. The number of rotatable bonds is 2. The molecule has 84 valence electrons. The lowest BCUT2D eigenvalue weighted by atomic mass is 10.1. The average Bonchev–Trinajstić information content (AvgIpc) is 2.94. The van der Waals surface area contributed by atoms with E-state index in [-0.39, 0.29) is 0 Å². The molecule has 0 N–H and O–H groups in total. The molecule has 2 aliphatic carbocycles. The van der Waals surface area contributed by atoms with Crippen LogP contribution in [0.5, 0.6) is 0 Å². The van der Waals surface area contributed by atoms with E-state index < -0.39 is 0 Å². The molecule has 0 saturated heterocycles. The van der Waals surface area contributed by atoms with Crippen LogP contribution in [0.1, 0.15) is 32.6 Å². The van der Waals surface area contributed by atoms with E-state index in [2.05, 4.69) is 44.9 Å². The topological polar surface area (TPSA) is 0 Å². The lowest BCUT2D eigenvalue weighted by molar-refractivity contribution is 0.691. The predicted molar refractivity (Wildman–Crippen MR) is 70.9 cm³/mol. The Morgan fingerprint density at radius 1 is 1.20 bits per heavy atom. The van der Waals surface area contributed by atoms with Gasteiger partial charge in [-0.05, 0) is 37.5 Å². The van der Waals surface area contributed by atoms with Crippen molar-refractivity contribution < 1.29 is 0 Å². The minimum Gasteiger partial charge on any atom is -0.106 e. The first-order valence-corrected chi connectivity index (χ1v) is 5.82. The molecule has 2 aliphatic rings. The van der Waals surface area contributed by atoms with Crippen molar-refractivity contribution in [1.29, 1.82) is 0 Å². The molecule has 0 heterocycles. The summed E-state index contributed by atoms with van der Waals surface area (Å²) < 4.78 is 0. The van der Waals surface area contributed by atoms with Crippen molar-refractivity contribution in [2.75, 3.05) is 0 Å². The summed E-state index contributed by atoms with van der Waals surface area (Å²) in [5.74, 6) is 1.98. The largest absolute Gasteiger partial charge is 0.106 e. The molecular weight excluding hydrogens is 180 g/mol. The van der Waals surface area contributed by atoms with Gasteiger partial charge in [0.05, 0.1) is 0 Å². The van der Waals surface area contributed by atoms with Crippen LogP contribution in [0.4, 0.5) is 0 Å². The summed E-state index contributed by atoms with van der Waals surface area (Å²) in [4.78, 5) is 0. The van der Waals surface area contributed by atoms with Crippen LogP contribution in [0.15, 0.2) is 50.1 Å². The molecule has 0 amide bonds. The molecule has 0 aromatic heterocycles. The number of fused-ring (bicyclic) bond motifs is 2. The van der Waals surface area contributed by atoms with Crippen LogP contribution in [0, 0.1) is 11.8 Å². The highest BCUT2D eigenvalue weighted by molar-refractivity contribution is 5.06. The van der Waals surface area contributed by atoms with Gasteiger partial charge >= 0.3 is 0 Å². The van der Waals surface area contributed by atoms with Gasteiger partial charge in [-0.15, -0.1) is 13.2 Å². The van der Waals surface area contributed by atoms with Crippen molar-refractivity contribution in [3.05, 3.63) is 50.1 Å². The SMILES string of the molecule is C1=CC2CCC1C2.C=C.C=CC=CCC. The standard InChI is InChI=1S/C7H10.C6H10.C2H4/c1-2-7-4-3-6(1)5-7;1-3-5-6-4-2;1-2/h1-2,6-7H,3-5H2;3,5-6H,1,4H2,2H3;1-2H2. The van der Waals surface area contributed by atoms with Gasteiger partial charge in [-0.2, -0.15) is 0 Å². The quantitative estimate of drug-likeness (QED) is 0.442. The molecule has 0 radical (unpaired) electrons. The van der Waals surface area contributed by atoms with Gasteiger partial charge in [-0.3, -0.25) is 0 Å². The van der Waals surface area contributed by atoms with E-state index in [1.807, 2.05) is 6.08 Å². The third-order valence-corrected chi connectivity index (χ3v) is 2.68. The van der Waals surface area contributed by atoms with Gasteiger partial charge < -0.3 is 0 Å². The normalized spacial score (nSPS) is 25.4. The molecule has 2 rings (SSSR count). The first-order chi connectivity index (χ1) is 7.36. The van der Waals surface area contributed by atoms with E-state index in [1.165, 1.54) is 19.3 Å². The summed E-state index contributed by atoms with van der Waals surface area (Å²) in [5, 5.41) is 0. The summed E-state index contributed by atoms with van der Waals surface area (Å²) in [5.41, 5.74) is 0. The minimum absolute atomic E-state index is 0.991. The summed E-state index contributed by atoms with van der Waals surface area (Å²) >= 11 is 0. The zero-order chi connectivity index (χ0) is 11.5. The van der Waals surface area contributed by atoms with Crippen molar-refractivity contribution >= 4 is 0 Å². The molecule has 2 unspecified atom stereocenters. The maximum absolute atomic E-state index is 3.51.